The second kappa shape index (κ2) is 51.7. The van der Waals surface area contributed by atoms with Crippen LogP contribution in [0.25, 0.3) is 0 Å². The maximum absolute atomic E-state index is 12.8. The first-order chi connectivity index (χ1) is 31.5. The Labute approximate surface area is 393 Å². The number of rotatable bonds is 45. The van der Waals surface area contributed by atoms with Crippen molar-refractivity contribution in [2.75, 3.05) is 13.2 Å². The molecule has 0 fully saturated rings. The van der Waals surface area contributed by atoms with E-state index in [-0.39, 0.29) is 37.5 Å². The van der Waals surface area contributed by atoms with Gasteiger partial charge in [-0.1, -0.05) is 220 Å². The molecule has 1 unspecified atom stereocenters. The van der Waals surface area contributed by atoms with Crippen LogP contribution in [0, 0.1) is 0 Å². The van der Waals surface area contributed by atoms with E-state index in [1.807, 2.05) is 36.5 Å². The van der Waals surface area contributed by atoms with Gasteiger partial charge in [0.1, 0.15) is 13.2 Å². The van der Waals surface area contributed by atoms with E-state index in [2.05, 4.69) is 93.7 Å². The van der Waals surface area contributed by atoms with Gasteiger partial charge in [0.2, 0.25) is 0 Å². The average Bonchev–Trinajstić information content (AvgIpc) is 3.29. The molecule has 0 heterocycles. The molecule has 0 rings (SSSR count). The molecular weight excluding hydrogens is 793 g/mol. The molecule has 0 aliphatic carbocycles. The molecule has 0 saturated heterocycles. The van der Waals surface area contributed by atoms with Gasteiger partial charge >= 0.3 is 17.9 Å². The number of hydrogen-bond acceptors (Lipinski definition) is 6. The molecule has 6 nitrogen and oxygen atoms in total. The van der Waals surface area contributed by atoms with Gasteiger partial charge < -0.3 is 14.2 Å². The number of carbonyl (C=O) groups excluding carboxylic acids is 3. The third kappa shape index (κ3) is 49.1. The van der Waals surface area contributed by atoms with E-state index in [0.717, 1.165) is 96.3 Å². The van der Waals surface area contributed by atoms with Crippen LogP contribution in [-0.2, 0) is 28.6 Å². The van der Waals surface area contributed by atoms with Crippen molar-refractivity contribution in [3.05, 3.63) is 109 Å². The molecule has 0 spiro atoms. The number of carbonyl (C=O) groups is 3. The SMILES string of the molecule is CC/C=C\C/C=C\CCCCC(=O)OCC(COC(=O)CCCCCCCCCCCC/C=C\C=C/CCCCC)OC(=O)CCCCCCC\C=C/C=C\C=C/C=C\C=C/CCC. The number of hydrogen-bond donors (Lipinski definition) is 0. The van der Waals surface area contributed by atoms with E-state index in [4.69, 9.17) is 14.2 Å². The molecule has 0 aromatic heterocycles. The third-order valence-corrected chi connectivity index (χ3v) is 10.6. The van der Waals surface area contributed by atoms with Crippen molar-refractivity contribution in [2.45, 2.75) is 226 Å². The summed E-state index contributed by atoms with van der Waals surface area (Å²) in [5.74, 6) is -0.975. The smallest absolute Gasteiger partial charge is 0.306 e. The third-order valence-electron chi connectivity index (χ3n) is 10.6. The van der Waals surface area contributed by atoms with E-state index >= 15 is 0 Å². The van der Waals surface area contributed by atoms with Crippen LogP contribution in [0.5, 0.6) is 0 Å². The maximum atomic E-state index is 12.8. The zero-order chi connectivity index (χ0) is 46.5. The van der Waals surface area contributed by atoms with Gasteiger partial charge in [0.15, 0.2) is 6.10 Å². The van der Waals surface area contributed by atoms with Gasteiger partial charge in [-0.2, -0.15) is 0 Å². The van der Waals surface area contributed by atoms with Crippen LogP contribution in [0.3, 0.4) is 0 Å². The zero-order valence-corrected chi connectivity index (χ0v) is 41.3. The Hall–Kier alpha value is -3.93. The van der Waals surface area contributed by atoms with Gasteiger partial charge in [-0.05, 0) is 89.9 Å². The zero-order valence-electron chi connectivity index (χ0n) is 41.3. The molecule has 0 saturated carbocycles. The fourth-order valence-corrected chi connectivity index (χ4v) is 6.73. The van der Waals surface area contributed by atoms with Gasteiger partial charge in [0.05, 0.1) is 0 Å². The summed E-state index contributed by atoms with van der Waals surface area (Å²) < 4.78 is 16.7. The molecule has 362 valence electrons. The van der Waals surface area contributed by atoms with Gasteiger partial charge in [-0.15, -0.1) is 0 Å². The van der Waals surface area contributed by atoms with Crippen LogP contribution in [0.15, 0.2) is 109 Å². The largest absolute Gasteiger partial charge is 0.462 e. The summed E-state index contributed by atoms with van der Waals surface area (Å²) in [5, 5.41) is 0. The summed E-state index contributed by atoms with van der Waals surface area (Å²) in [6.45, 7) is 6.33. The van der Waals surface area contributed by atoms with Crippen LogP contribution in [-0.4, -0.2) is 37.2 Å². The predicted molar refractivity (Wildman–Crippen MR) is 274 cm³/mol. The lowest BCUT2D eigenvalue weighted by Crippen LogP contribution is -2.30. The van der Waals surface area contributed by atoms with Crippen molar-refractivity contribution in [1.82, 2.24) is 0 Å². The fourth-order valence-electron chi connectivity index (χ4n) is 6.73. The summed E-state index contributed by atoms with van der Waals surface area (Å²) in [6.07, 6.45) is 69.4. The van der Waals surface area contributed by atoms with Crippen molar-refractivity contribution in [2.24, 2.45) is 0 Å². The summed E-state index contributed by atoms with van der Waals surface area (Å²) in [7, 11) is 0. The summed E-state index contributed by atoms with van der Waals surface area (Å²) in [4.78, 5) is 37.9. The first-order valence-electron chi connectivity index (χ1n) is 26.0. The van der Waals surface area contributed by atoms with Crippen LogP contribution >= 0.6 is 0 Å². The minimum atomic E-state index is -0.807. The highest BCUT2D eigenvalue weighted by Gasteiger charge is 2.19. The Morgan fingerprint density at radius 1 is 0.344 bits per heavy atom. The van der Waals surface area contributed by atoms with Gasteiger partial charge in [-0.25, -0.2) is 0 Å². The number of allylic oxidation sites excluding steroid dienone is 18. The molecular formula is C58H94O6. The molecule has 6 heteroatoms. The second-order valence-electron chi connectivity index (χ2n) is 16.8. The molecule has 0 amide bonds. The lowest BCUT2D eigenvalue weighted by Gasteiger charge is -2.18. The lowest BCUT2D eigenvalue weighted by molar-refractivity contribution is -0.167. The molecule has 0 aliphatic heterocycles. The van der Waals surface area contributed by atoms with Crippen molar-refractivity contribution >= 4 is 17.9 Å². The topological polar surface area (TPSA) is 78.9 Å². The Balaban J connectivity index is 4.40. The second-order valence-corrected chi connectivity index (χ2v) is 16.8. The minimum Gasteiger partial charge on any atom is -0.462 e. The van der Waals surface area contributed by atoms with Crippen LogP contribution in [0.2, 0.25) is 0 Å². The summed E-state index contributed by atoms with van der Waals surface area (Å²) in [6, 6.07) is 0. The first-order valence-corrected chi connectivity index (χ1v) is 26.0. The number of esters is 3. The van der Waals surface area contributed by atoms with E-state index < -0.39 is 6.10 Å². The number of ether oxygens (including phenoxy) is 3. The number of unbranched alkanes of at least 4 members (excludes halogenated alkanes) is 21. The van der Waals surface area contributed by atoms with Gasteiger partial charge in [0, 0.05) is 19.3 Å². The van der Waals surface area contributed by atoms with Crippen LogP contribution in [0.4, 0.5) is 0 Å². The molecule has 0 N–H and O–H groups in total. The monoisotopic (exact) mass is 887 g/mol. The molecule has 1 atom stereocenters. The Kier molecular flexibility index (Phi) is 48.5. The van der Waals surface area contributed by atoms with E-state index in [0.29, 0.717) is 12.8 Å². The highest BCUT2D eigenvalue weighted by atomic mass is 16.6. The van der Waals surface area contributed by atoms with Crippen molar-refractivity contribution in [1.29, 1.82) is 0 Å². The van der Waals surface area contributed by atoms with E-state index in [1.165, 1.54) is 83.5 Å². The Morgan fingerprint density at radius 3 is 1.19 bits per heavy atom. The average molecular weight is 887 g/mol. The highest BCUT2D eigenvalue weighted by Crippen LogP contribution is 2.14. The van der Waals surface area contributed by atoms with E-state index in [1.54, 1.807) is 0 Å². The van der Waals surface area contributed by atoms with Crippen LogP contribution in [0.1, 0.15) is 220 Å². The van der Waals surface area contributed by atoms with Crippen LogP contribution < -0.4 is 0 Å². The maximum Gasteiger partial charge on any atom is 0.306 e. The summed E-state index contributed by atoms with van der Waals surface area (Å²) in [5.41, 5.74) is 0. The fraction of sp³-hybridized carbons (Fsp3) is 0.638. The molecule has 64 heavy (non-hydrogen) atoms. The molecule has 0 aromatic rings. The van der Waals surface area contributed by atoms with Gasteiger partial charge in [-0.3, -0.25) is 14.4 Å². The quantitative estimate of drug-likeness (QED) is 0.0199. The first kappa shape index (κ1) is 60.1. The van der Waals surface area contributed by atoms with E-state index in [9.17, 15) is 14.4 Å². The normalized spacial score (nSPS) is 13.0. The van der Waals surface area contributed by atoms with Gasteiger partial charge in [0.25, 0.3) is 0 Å². The molecule has 0 aromatic carbocycles. The minimum absolute atomic E-state index is 0.103. The molecule has 0 bridgehead atoms. The Bertz CT molecular complexity index is 1340. The highest BCUT2D eigenvalue weighted by molar-refractivity contribution is 5.71. The molecule has 0 aliphatic rings. The summed E-state index contributed by atoms with van der Waals surface area (Å²) >= 11 is 0. The predicted octanol–water partition coefficient (Wildman–Crippen LogP) is 17.1. The van der Waals surface area contributed by atoms with Crippen molar-refractivity contribution in [3.8, 4) is 0 Å². The standard InChI is InChI=1S/C58H94O6/c1-4-7-10-13-16-19-21-23-25-27-29-31-32-34-36-39-42-45-48-51-57(60)63-54-55(53-62-56(59)50-47-44-41-38-18-15-12-9-6-3)64-58(61)52-49-46-43-40-37-35-33-30-28-26-24-22-20-17-14-11-8-5-2/h9,11-12,14,16-24,26,28,30,33,38,55H,4-8,10,13,15,25,27,29,31-32,34-37,39-54H2,1-3H3/b12-9-,14-11-,19-16-,20-17-,23-21-,24-22-,28-26-,33-30-,38-18-. The molecule has 0 radical (unpaired) electrons. The lowest BCUT2D eigenvalue weighted by atomic mass is 10.1. The van der Waals surface area contributed by atoms with Crippen molar-refractivity contribution in [3.63, 3.8) is 0 Å². The Morgan fingerprint density at radius 2 is 0.703 bits per heavy atom. The van der Waals surface area contributed by atoms with Crippen molar-refractivity contribution < 1.29 is 28.6 Å².